The molecule has 3 aliphatic rings. The molecule has 3 rings (SSSR count). The van der Waals surface area contributed by atoms with E-state index in [2.05, 4.69) is 0 Å². The van der Waals surface area contributed by atoms with Gasteiger partial charge in [0.25, 0.3) is 11.8 Å². The van der Waals surface area contributed by atoms with Gasteiger partial charge in [0.2, 0.25) is 0 Å². The molecule has 0 spiro atoms. The molecular weight excluding hydrogens is 270 g/mol. The molecule has 8 heteroatoms. The molecule has 4 nitrogen and oxygen atoms in total. The fourth-order valence-corrected chi connectivity index (χ4v) is 2.98. The SMILES string of the molecule is COCC1(CO)C(=O)C2(C)C(F)(F)CN1CC2(F)F. The number of Topliss-reactive ketones (excluding diaryl/α,β-unsaturated/α-hetero) is 1. The van der Waals surface area contributed by atoms with Gasteiger partial charge in [0, 0.05) is 7.11 Å². The van der Waals surface area contributed by atoms with Crippen LogP contribution in [0, 0.1) is 5.41 Å². The number of fused-ring (bicyclic) bond motifs is 3. The summed E-state index contributed by atoms with van der Waals surface area (Å²) in [5.74, 6) is -9.06. The number of hydrogen-bond donors (Lipinski definition) is 1. The van der Waals surface area contributed by atoms with Crippen molar-refractivity contribution in [3.8, 4) is 0 Å². The molecule has 0 amide bonds. The topological polar surface area (TPSA) is 49.8 Å². The molecule has 0 aromatic rings. The summed E-state index contributed by atoms with van der Waals surface area (Å²) in [6.07, 6.45) is 0. The first-order valence-electron chi connectivity index (χ1n) is 5.74. The Bertz CT molecular complexity index is 397. The number of ether oxygens (including phenoxy) is 1. The van der Waals surface area contributed by atoms with Crippen LogP contribution in [0.1, 0.15) is 6.92 Å². The summed E-state index contributed by atoms with van der Waals surface area (Å²) >= 11 is 0. The normalized spacial score (nSPS) is 43.5. The molecular formula is C11H15F4NO3. The summed E-state index contributed by atoms with van der Waals surface area (Å²) in [5, 5.41) is 9.39. The molecule has 3 fully saturated rings. The molecule has 0 saturated carbocycles. The first-order chi connectivity index (χ1) is 8.59. The van der Waals surface area contributed by atoms with E-state index >= 15 is 0 Å². The van der Waals surface area contributed by atoms with Gasteiger partial charge in [0.05, 0.1) is 26.3 Å². The zero-order valence-electron chi connectivity index (χ0n) is 10.6. The largest absolute Gasteiger partial charge is 0.394 e. The van der Waals surface area contributed by atoms with Crippen molar-refractivity contribution in [3.63, 3.8) is 0 Å². The predicted octanol–water partition coefficient (Wildman–Crippen LogP) is 0.539. The Labute approximate surface area is 107 Å². The van der Waals surface area contributed by atoms with Gasteiger partial charge in [-0.2, -0.15) is 0 Å². The molecule has 2 bridgehead atoms. The average molecular weight is 285 g/mol. The number of nitrogens with zero attached hydrogens (tertiary/aromatic N) is 1. The minimum atomic E-state index is -3.85. The maximum atomic E-state index is 13.9. The number of aliphatic hydroxyl groups is 1. The summed E-state index contributed by atoms with van der Waals surface area (Å²) in [7, 11) is 1.21. The molecule has 0 radical (unpaired) electrons. The second kappa shape index (κ2) is 3.89. The van der Waals surface area contributed by atoms with Crippen molar-refractivity contribution in [1.82, 2.24) is 4.90 Å². The number of alkyl halides is 4. The first-order valence-corrected chi connectivity index (χ1v) is 5.74. The van der Waals surface area contributed by atoms with Crippen molar-refractivity contribution < 1.29 is 32.2 Å². The van der Waals surface area contributed by atoms with Crippen LogP contribution in [-0.4, -0.2) is 66.6 Å². The summed E-state index contributed by atoms with van der Waals surface area (Å²) in [6.45, 7) is -2.64. The minimum absolute atomic E-state index is 0.399. The zero-order chi connectivity index (χ0) is 14.7. The number of methoxy groups -OCH3 is 1. The molecule has 1 N–H and O–H groups in total. The Morgan fingerprint density at radius 2 is 1.74 bits per heavy atom. The quantitative estimate of drug-likeness (QED) is 0.769. The van der Waals surface area contributed by atoms with E-state index in [0.717, 1.165) is 0 Å². The van der Waals surface area contributed by atoms with Gasteiger partial charge >= 0.3 is 0 Å². The third kappa shape index (κ3) is 1.47. The third-order valence-corrected chi connectivity index (χ3v) is 4.37. The number of aliphatic hydroxyl groups excluding tert-OH is 1. The molecule has 0 aromatic carbocycles. The van der Waals surface area contributed by atoms with Gasteiger partial charge in [-0.15, -0.1) is 0 Å². The number of rotatable bonds is 3. The van der Waals surface area contributed by atoms with Crippen molar-refractivity contribution >= 4 is 5.78 Å². The Morgan fingerprint density at radius 3 is 2.11 bits per heavy atom. The predicted molar refractivity (Wildman–Crippen MR) is 56.3 cm³/mol. The van der Waals surface area contributed by atoms with E-state index in [-0.39, 0.29) is 0 Å². The van der Waals surface area contributed by atoms with Gasteiger partial charge in [0.1, 0.15) is 5.54 Å². The van der Waals surface area contributed by atoms with Gasteiger partial charge in [-0.25, -0.2) is 17.6 Å². The lowest BCUT2D eigenvalue weighted by Gasteiger charge is -2.61. The lowest BCUT2D eigenvalue weighted by atomic mass is 9.60. The van der Waals surface area contributed by atoms with Gasteiger partial charge < -0.3 is 9.84 Å². The molecule has 0 aliphatic carbocycles. The monoisotopic (exact) mass is 285 g/mol. The van der Waals surface area contributed by atoms with Crippen LogP contribution in [0.25, 0.3) is 0 Å². The van der Waals surface area contributed by atoms with Gasteiger partial charge in [-0.1, -0.05) is 0 Å². The van der Waals surface area contributed by atoms with E-state index in [4.69, 9.17) is 4.74 Å². The van der Waals surface area contributed by atoms with Crippen LogP contribution < -0.4 is 0 Å². The zero-order valence-corrected chi connectivity index (χ0v) is 10.6. The molecule has 1 unspecified atom stereocenters. The number of hydrogen-bond acceptors (Lipinski definition) is 4. The molecule has 3 heterocycles. The van der Waals surface area contributed by atoms with Crippen LogP contribution in [0.15, 0.2) is 0 Å². The van der Waals surface area contributed by atoms with Crippen molar-refractivity contribution in [2.45, 2.75) is 24.3 Å². The number of halogens is 4. The molecule has 1 atom stereocenters. The smallest absolute Gasteiger partial charge is 0.278 e. The van der Waals surface area contributed by atoms with Crippen LogP contribution in [0.3, 0.4) is 0 Å². The van der Waals surface area contributed by atoms with E-state index in [9.17, 15) is 27.5 Å². The minimum Gasteiger partial charge on any atom is -0.394 e. The highest BCUT2D eigenvalue weighted by Crippen LogP contribution is 2.59. The summed E-state index contributed by atoms with van der Waals surface area (Å²) in [4.78, 5) is 12.9. The van der Waals surface area contributed by atoms with E-state index < -0.39 is 54.9 Å². The second-order valence-corrected chi connectivity index (χ2v) is 5.34. The maximum Gasteiger partial charge on any atom is 0.278 e. The lowest BCUT2D eigenvalue weighted by Crippen LogP contribution is -2.84. The average Bonchev–Trinajstić information content (AvgIpc) is 2.29. The molecule has 0 aromatic heterocycles. The fourth-order valence-electron chi connectivity index (χ4n) is 2.98. The lowest BCUT2D eigenvalue weighted by molar-refractivity contribution is -0.306. The molecule has 110 valence electrons. The van der Waals surface area contributed by atoms with Crippen LogP contribution in [0.5, 0.6) is 0 Å². The standard InChI is InChI=1S/C11H15F4NO3/c1-8-7(18)9(5-17,6-19-2)16(3-10(8,12)13)4-11(8,14)15/h17H,3-6H2,1-2H3. The van der Waals surface area contributed by atoms with Gasteiger partial charge in [0.15, 0.2) is 11.2 Å². The fraction of sp³-hybridized carbons (Fsp3) is 0.909. The van der Waals surface area contributed by atoms with Crippen LogP contribution in [-0.2, 0) is 9.53 Å². The summed E-state index contributed by atoms with van der Waals surface area (Å²) in [5.41, 5.74) is -4.93. The van der Waals surface area contributed by atoms with E-state index in [1.807, 2.05) is 0 Å². The van der Waals surface area contributed by atoms with Crippen molar-refractivity contribution in [2.24, 2.45) is 5.41 Å². The number of ketones is 1. The van der Waals surface area contributed by atoms with Gasteiger partial charge in [-0.05, 0) is 6.92 Å². The van der Waals surface area contributed by atoms with Crippen LogP contribution in [0.2, 0.25) is 0 Å². The highest BCUT2D eigenvalue weighted by molar-refractivity contribution is 5.97. The van der Waals surface area contributed by atoms with Gasteiger partial charge in [-0.3, -0.25) is 9.69 Å². The van der Waals surface area contributed by atoms with Crippen molar-refractivity contribution in [3.05, 3.63) is 0 Å². The number of carbonyl (C=O) groups is 1. The van der Waals surface area contributed by atoms with Crippen LogP contribution >= 0.6 is 0 Å². The molecule has 19 heavy (non-hydrogen) atoms. The first kappa shape index (κ1) is 14.7. The Kier molecular flexibility index (Phi) is 3.01. The van der Waals surface area contributed by atoms with Crippen LogP contribution in [0.4, 0.5) is 17.6 Å². The Hall–Kier alpha value is -0.730. The highest BCUT2D eigenvalue weighted by Gasteiger charge is 2.81. The van der Waals surface area contributed by atoms with E-state index in [1.165, 1.54) is 7.11 Å². The van der Waals surface area contributed by atoms with Crippen molar-refractivity contribution in [1.29, 1.82) is 0 Å². The van der Waals surface area contributed by atoms with E-state index in [0.29, 0.717) is 11.8 Å². The second-order valence-electron chi connectivity index (χ2n) is 5.34. The summed E-state index contributed by atoms with van der Waals surface area (Å²) in [6, 6.07) is 0. The molecule has 3 saturated heterocycles. The number of carbonyl (C=O) groups excluding carboxylic acids is 1. The molecule has 3 aliphatic heterocycles. The third-order valence-electron chi connectivity index (χ3n) is 4.37. The highest BCUT2D eigenvalue weighted by atomic mass is 19.3. The maximum absolute atomic E-state index is 13.9. The van der Waals surface area contributed by atoms with E-state index in [1.54, 1.807) is 0 Å². The summed E-state index contributed by atoms with van der Waals surface area (Å²) < 4.78 is 60.3. The van der Waals surface area contributed by atoms with Crippen molar-refractivity contribution in [2.75, 3.05) is 33.4 Å². The Morgan fingerprint density at radius 1 is 1.26 bits per heavy atom. The Balaban J connectivity index is 2.59. The number of piperidine rings is 3.